The Hall–Kier alpha value is -2.39. The van der Waals surface area contributed by atoms with E-state index >= 15 is 0 Å². The number of aromatic nitrogens is 1. The molecule has 1 saturated carbocycles. The number of nitrogens with zero attached hydrogens (tertiary/aromatic N) is 1. The third-order valence-corrected chi connectivity index (χ3v) is 6.57. The van der Waals surface area contributed by atoms with E-state index in [9.17, 15) is 14.7 Å². The molecule has 1 aromatic heterocycles. The molecule has 9 nitrogen and oxygen atoms in total. The van der Waals surface area contributed by atoms with E-state index in [0.29, 0.717) is 31.8 Å². The molecule has 1 saturated heterocycles. The summed E-state index contributed by atoms with van der Waals surface area (Å²) in [6.07, 6.45) is 7.79. The molecule has 0 radical (unpaired) electrons. The predicted octanol–water partition coefficient (Wildman–Crippen LogP) is 3.77. The summed E-state index contributed by atoms with van der Waals surface area (Å²) in [6.45, 7) is 6.52. The molecule has 0 bridgehead atoms. The van der Waals surface area contributed by atoms with Gasteiger partial charge in [-0.2, -0.15) is 0 Å². The van der Waals surface area contributed by atoms with Gasteiger partial charge < -0.3 is 29.4 Å². The highest BCUT2D eigenvalue weighted by molar-refractivity contribution is 5.97. The topological polar surface area (TPSA) is 116 Å². The van der Waals surface area contributed by atoms with Crippen LogP contribution in [-0.2, 0) is 19.0 Å². The third kappa shape index (κ3) is 7.54. The number of nitrogens with one attached hydrogen (secondary N) is 1. The maximum atomic E-state index is 13.0. The lowest BCUT2D eigenvalue weighted by Gasteiger charge is -2.35. The van der Waals surface area contributed by atoms with E-state index in [2.05, 4.69) is 24.1 Å². The van der Waals surface area contributed by atoms with Crippen LogP contribution in [0.4, 0.5) is 0 Å². The van der Waals surface area contributed by atoms with Crippen LogP contribution in [0.3, 0.4) is 0 Å². The second kappa shape index (κ2) is 13.1. The van der Waals surface area contributed by atoms with Gasteiger partial charge in [-0.05, 0) is 44.9 Å². The van der Waals surface area contributed by atoms with Gasteiger partial charge in [-0.3, -0.25) is 4.79 Å². The van der Waals surface area contributed by atoms with Crippen LogP contribution in [-0.4, -0.2) is 66.1 Å². The summed E-state index contributed by atoms with van der Waals surface area (Å²) in [5, 5.41) is 13.0. The highest BCUT2D eigenvalue weighted by Crippen LogP contribution is 2.29. The fourth-order valence-electron chi connectivity index (χ4n) is 4.71. The van der Waals surface area contributed by atoms with Gasteiger partial charge in [0.1, 0.15) is 18.2 Å². The summed E-state index contributed by atoms with van der Waals surface area (Å²) in [7, 11) is 1.39. The van der Waals surface area contributed by atoms with Crippen LogP contribution < -0.4 is 10.1 Å². The molecule has 4 atom stereocenters. The average Bonchev–Trinajstić information content (AvgIpc) is 2.87. The number of cyclic esters (lactones) is 1. The monoisotopic (exact) mass is 492 g/mol. The van der Waals surface area contributed by atoms with Gasteiger partial charge in [-0.1, -0.05) is 33.1 Å². The van der Waals surface area contributed by atoms with Crippen molar-refractivity contribution >= 4 is 11.9 Å². The lowest BCUT2D eigenvalue weighted by molar-refractivity contribution is -0.175. The molecule has 2 heterocycles. The van der Waals surface area contributed by atoms with Crippen molar-refractivity contribution in [3.8, 4) is 11.5 Å². The molecular formula is C26H40N2O7. The first kappa shape index (κ1) is 27.2. The second-order valence-electron chi connectivity index (χ2n) is 9.94. The first-order chi connectivity index (χ1) is 16.8. The normalized spacial score (nSPS) is 26.4. The summed E-state index contributed by atoms with van der Waals surface area (Å²) in [5.74, 6) is -1.12. The molecule has 1 aliphatic carbocycles. The molecule has 0 unspecified atom stereocenters. The molecule has 2 N–H and O–H groups in total. The highest BCUT2D eigenvalue weighted by atomic mass is 16.6. The fraction of sp³-hybridized carbons (Fsp3) is 0.731. The van der Waals surface area contributed by atoms with Gasteiger partial charge in [0.15, 0.2) is 17.2 Å². The molecule has 0 aromatic carbocycles. The van der Waals surface area contributed by atoms with Crippen LogP contribution in [0.2, 0.25) is 0 Å². The van der Waals surface area contributed by atoms with Gasteiger partial charge in [0.2, 0.25) is 0 Å². The van der Waals surface area contributed by atoms with Crippen molar-refractivity contribution in [2.24, 2.45) is 5.92 Å². The van der Waals surface area contributed by atoms with Crippen molar-refractivity contribution in [1.29, 1.82) is 0 Å². The maximum Gasteiger partial charge on any atom is 0.329 e. The summed E-state index contributed by atoms with van der Waals surface area (Å²) in [5.41, 5.74) is -0.207. The van der Waals surface area contributed by atoms with Crippen molar-refractivity contribution in [3.05, 3.63) is 18.0 Å². The predicted molar refractivity (Wildman–Crippen MR) is 129 cm³/mol. The van der Waals surface area contributed by atoms with Crippen molar-refractivity contribution in [1.82, 2.24) is 10.3 Å². The van der Waals surface area contributed by atoms with Crippen LogP contribution in [0.5, 0.6) is 11.5 Å². The Morgan fingerprint density at radius 3 is 2.63 bits per heavy atom. The Morgan fingerprint density at radius 1 is 1.20 bits per heavy atom. The molecule has 1 aromatic rings. The Morgan fingerprint density at radius 2 is 1.94 bits per heavy atom. The van der Waals surface area contributed by atoms with E-state index < -0.39 is 24.0 Å². The van der Waals surface area contributed by atoms with Gasteiger partial charge in [-0.25, -0.2) is 9.78 Å². The fourth-order valence-corrected chi connectivity index (χ4v) is 4.71. The number of hydrogen-bond donors (Lipinski definition) is 2. The molecule has 9 heteroatoms. The number of amides is 1. The van der Waals surface area contributed by atoms with Gasteiger partial charge in [0.25, 0.3) is 5.91 Å². The first-order valence-corrected chi connectivity index (χ1v) is 12.8. The molecule has 35 heavy (non-hydrogen) atoms. The maximum absolute atomic E-state index is 13.0. The Bertz CT molecular complexity index is 841. The molecule has 2 fully saturated rings. The second-order valence-corrected chi connectivity index (χ2v) is 9.94. The number of methoxy groups -OCH3 is 1. The minimum Gasteiger partial charge on any atom is -0.503 e. The molecule has 3 rings (SSSR count). The van der Waals surface area contributed by atoms with E-state index in [1.807, 2.05) is 6.92 Å². The Labute approximate surface area is 207 Å². The van der Waals surface area contributed by atoms with Crippen LogP contribution in [0, 0.1) is 5.92 Å². The third-order valence-electron chi connectivity index (χ3n) is 6.57. The summed E-state index contributed by atoms with van der Waals surface area (Å²) in [4.78, 5) is 29.8. The number of carbonyl (C=O) groups excluding carboxylic acids is 2. The number of esters is 1. The van der Waals surface area contributed by atoms with Crippen molar-refractivity contribution in [3.63, 3.8) is 0 Å². The molecule has 1 aliphatic heterocycles. The highest BCUT2D eigenvalue weighted by Gasteiger charge is 2.37. The zero-order valence-corrected chi connectivity index (χ0v) is 21.3. The molecule has 1 amide bonds. The summed E-state index contributed by atoms with van der Waals surface area (Å²) < 4.78 is 23.6. The van der Waals surface area contributed by atoms with E-state index in [-0.39, 0.29) is 35.5 Å². The average molecular weight is 493 g/mol. The number of ether oxygens (including phenoxy) is 4. The Kier molecular flexibility index (Phi) is 10.2. The van der Waals surface area contributed by atoms with Crippen molar-refractivity contribution in [2.75, 3.05) is 13.7 Å². The number of carbonyl (C=O) groups is 2. The van der Waals surface area contributed by atoms with Gasteiger partial charge in [-0.15, -0.1) is 0 Å². The standard InChI is InChI=1S/C26H40N2O7/c1-16(2)15-33-24-17(3)34-26(31)19(11-8-12-21(24)35-18-9-6-5-7-10-18)28-25(30)22-23(29)20(32-4)13-14-27-22/h13-14,16-19,21,24,29H,5-12,15H2,1-4H3,(H,28,30)/t17-,19-,21-,24-/m0/s1. The van der Waals surface area contributed by atoms with Crippen LogP contribution >= 0.6 is 0 Å². The largest absolute Gasteiger partial charge is 0.503 e. The zero-order valence-electron chi connectivity index (χ0n) is 21.3. The Balaban J connectivity index is 1.73. The van der Waals surface area contributed by atoms with Crippen molar-refractivity contribution < 1.29 is 33.6 Å². The lowest BCUT2D eigenvalue weighted by atomic mass is 9.96. The quantitative estimate of drug-likeness (QED) is 0.527. The van der Waals surface area contributed by atoms with E-state index in [0.717, 1.165) is 12.8 Å². The van der Waals surface area contributed by atoms with Crippen LogP contribution in [0.15, 0.2) is 12.3 Å². The minimum absolute atomic E-state index is 0.128. The first-order valence-electron chi connectivity index (χ1n) is 12.8. The minimum atomic E-state index is -0.878. The van der Waals surface area contributed by atoms with E-state index in [1.54, 1.807) is 0 Å². The molecular weight excluding hydrogens is 452 g/mol. The lowest BCUT2D eigenvalue weighted by Crippen LogP contribution is -2.46. The molecule has 196 valence electrons. The number of pyridine rings is 1. The number of rotatable bonds is 8. The van der Waals surface area contributed by atoms with Crippen LogP contribution in [0.25, 0.3) is 0 Å². The SMILES string of the molecule is COc1ccnc(C(=O)N[C@H]2CCC[C@H](OC3CCCCC3)[C@@H](OCC(C)C)[C@H](C)OC2=O)c1O. The van der Waals surface area contributed by atoms with Gasteiger partial charge in [0.05, 0.1) is 19.3 Å². The zero-order chi connectivity index (χ0) is 25.4. The smallest absolute Gasteiger partial charge is 0.329 e. The number of hydrogen-bond acceptors (Lipinski definition) is 8. The van der Waals surface area contributed by atoms with E-state index in [1.165, 1.54) is 38.6 Å². The summed E-state index contributed by atoms with van der Waals surface area (Å²) in [6, 6.07) is 0.572. The van der Waals surface area contributed by atoms with Gasteiger partial charge >= 0.3 is 5.97 Å². The van der Waals surface area contributed by atoms with E-state index in [4.69, 9.17) is 18.9 Å². The number of aromatic hydroxyl groups is 1. The van der Waals surface area contributed by atoms with Gasteiger partial charge in [0, 0.05) is 18.9 Å². The molecule has 2 aliphatic rings. The van der Waals surface area contributed by atoms with Crippen molar-refractivity contribution in [2.45, 2.75) is 103 Å². The van der Waals surface area contributed by atoms with Crippen LogP contribution in [0.1, 0.15) is 82.6 Å². The summed E-state index contributed by atoms with van der Waals surface area (Å²) >= 11 is 0. The molecule has 0 spiro atoms.